The van der Waals surface area contributed by atoms with Gasteiger partial charge in [0.05, 0.1) is 5.69 Å². The first-order valence-corrected chi connectivity index (χ1v) is 6.15. The van der Waals surface area contributed by atoms with E-state index < -0.39 is 0 Å². The largest absolute Gasteiger partial charge is 0.351 e. The van der Waals surface area contributed by atoms with Crippen LogP contribution >= 0.6 is 12.4 Å². The van der Waals surface area contributed by atoms with Gasteiger partial charge in [-0.3, -0.25) is 4.79 Å². The Labute approximate surface area is 113 Å². The van der Waals surface area contributed by atoms with Gasteiger partial charge in [0.15, 0.2) is 0 Å². The zero-order valence-electron chi connectivity index (χ0n) is 10.5. The molecule has 5 nitrogen and oxygen atoms in total. The van der Waals surface area contributed by atoms with Gasteiger partial charge in [0.25, 0.3) is 5.91 Å². The van der Waals surface area contributed by atoms with E-state index >= 15 is 0 Å². The van der Waals surface area contributed by atoms with Crippen LogP contribution in [0.4, 0.5) is 0 Å². The van der Waals surface area contributed by atoms with Crippen molar-refractivity contribution in [1.82, 2.24) is 10.5 Å². The lowest BCUT2D eigenvalue weighted by Crippen LogP contribution is -2.44. The van der Waals surface area contributed by atoms with Crippen LogP contribution in [0.25, 0.3) is 0 Å². The van der Waals surface area contributed by atoms with Crippen LogP contribution in [0.1, 0.15) is 41.9 Å². The summed E-state index contributed by atoms with van der Waals surface area (Å²) in [5.41, 5.74) is 6.44. The fourth-order valence-electron chi connectivity index (χ4n) is 2.39. The van der Waals surface area contributed by atoms with Crippen molar-refractivity contribution in [2.75, 3.05) is 6.54 Å². The molecule has 2 unspecified atom stereocenters. The lowest BCUT2D eigenvalue weighted by molar-refractivity contribution is 0.0870. The number of hydrogen-bond donors (Lipinski definition) is 2. The highest BCUT2D eigenvalue weighted by Crippen LogP contribution is 2.23. The summed E-state index contributed by atoms with van der Waals surface area (Å²) in [6, 6.07) is 1.82. The summed E-state index contributed by atoms with van der Waals surface area (Å²) in [6.07, 6.45) is 4.45. The fourth-order valence-corrected chi connectivity index (χ4v) is 2.39. The first kappa shape index (κ1) is 15.0. The predicted octanol–water partition coefficient (Wildman–Crippen LogP) is 1.65. The van der Waals surface area contributed by atoms with Crippen LogP contribution < -0.4 is 11.1 Å². The SMILES string of the molecule is Cc1cc(C(=O)NC2CCCCC2CN)on1.Cl. The van der Waals surface area contributed by atoms with Crippen molar-refractivity contribution in [3.63, 3.8) is 0 Å². The van der Waals surface area contributed by atoms with Gasteiger partial charge in [0.1, 0.15) is 0 Å². The van der Waals surface area contributed by atoms with Crippen molar-refractivity contribution in [1.29, 1.82) is 0 Å². The van der Waals surface area contributed by atoms with Crippen LogP contribution in [0.5, 0.6) is 0 Å². The molecule has 0 saturated heterocycles. The molecule has 0 aliphatic heterocycles. The standard InChI is InChI=1S/C12H19N3O2.ClH/c1-8-6-11(17-15-8)12(16)14-10-5-3-2-4-9(10)7-13;/h6,9-10H,2-5,7,13H2,1H3,(H,14,16);1H. The van der Waals surface area contributed by atoms with Crippen molar-refractivity contribution in [2.24, 2.45) is 11.7 Å². The highest BCUT2D eigenvalue weighted by atomic mass is 35.5. The Kier molecular flexibility index (Phi) is 5.62. The Morgan fingerprint density at radius 2 is 2.28 bits per heavy atom. The number of aromatic nitrogens is 1. The van der Waals surface area contributed by atoms with Crippen LogP contribution in [0, 0.1) is 12.8 Å². The summed E-state index contributed by atoms with van der Waals surface area (Å²) in [4.78, 5) is 11.9. The van der Waals surface area contributed by atoms with E-state index in [1.54, 1.807) is 13.0 Å². The third kappa shape index (κ3) is 3.46. The van der Waals surface area contributed by atoms with E-state index in [9.17, 15) is 4.79 Å². The number of rotatable bonds is 3. The molecular formula is C12H20ClN3O2. The molecule has 3 N–H and O–H groups in total. The van der Waals surface area contributed by atoms with E-state index in [0.29, 0.717) is 18.2 Å². The highest BCUT2D eigenvalue weighted by Gasteiger charge is 2.26. The van der Waals surface area contributed by atoms with E-state index in [4.69, 9.17) is 10.3 Å². The van der Waals surface area contributed by atoms with Crippen LogP contribution in [0.3, 0.4) is 0 Å². The summed E-state index contributed by atoms with van der Waals surface area (Å²) in [5.74, 6) is 0.483. The van der Waals surface area contributed by atoms with Crippen LogP contribution in [0.2, 0.25) is 0 Å². The van der Waals surface area contributed by atoms with Gasteiger partial charge in [0.2, 0.25) is 5.76 Å². The first-order valence-electron chi connectivity index (χ1n) is 6.15. The molecule has 102 valence electrons. The number of halogens is 1. The molecule has 6 heteroatoms. The number of carbonyl (C=O) groups excluding carboxylic acids is 1. The van der Waals surface area contributed by atoms with E-state index in [-0.39, 0.29) is 30.1 Å². The fraction of sp³-hybridized carbons (Fsp3) is 0.667. The molecule has 2 atom stereocenters. The number of nitrogens with two attached hydrogens (primary N) is 1. The molecule has 1 aromatic heterocycles. The van der Waals surface area contributed by atoms with Gasteiger partial charge >= 0.3 is 0 Å². The second-order valence-electron chi connectivity index (χ2n) is 4.69. The van der Waals surface area contributed by atoms with Gasteiger partial charge in [-0.25, -0.2) is 0 Å². The van der Waals surface area contributed by atoms with Crippen molar-refractivity contribution in [3.8, 4) is 0 Å². The quantitative estimate of drug-likeness (QED) is 0.877. The molecule has 0 aromatic carbocycles. The molecular weight excluding hydrogens is 254 g/mol. The highest BCUT2D eigenvalue weighted by molar-refractivity contribution is 5.91. The Morgan fingerprint density at radius 1 is 1.56 bits per heavy atom. The number of nitrogens with one attached hydrogen (secondary N) is 1. The van der Waals surface area contributed by atoms with Gasteiger partial charge in [-0.2, -0.15) is 0 Å². The lowest BCUT2D eigenvalue weighted by atomic mass is 9.84. The minimum absolute atomic E-state index is 0. The third-order valence-electron chi connectivity index (χ3n) is 3.38. The molecule has 1 aromatic rings. The van der Waals surface area contributed by atoms with Gasteiger partial charge in [-0.05, 0) is 32.2 Å². The average Bonchev–Trinajstić information content (AvgIpc) is 2.77. The molecule has 1 heterocycles. The predicted molar refractivity (Wildman–Crippen MR) is 70.8 cm³/mol. The number of amides is 1. The summed E-state index contributed by atoms with van der Waals surface area (Å²) in [5, 5.41) is 6.71. The number of carbonyl (C=O) groups is 1. The molecule has 18 heavy (non-hydrogen) atoms. The molecule has 0 bridgehead atoms. The van der Waals surface area contributed by atoms with Gasteiger partial charge in [0, 0.05) is 12.1 Å². The second kappa shape index (κ2) is 6.75. The molecule has 0 spiro atoms. The first-order chi connectivity index (χ1) is 8.20. The Hall–Kier alpha value is -1.07. The Bertz CT molecular complexity index is 394. The number of nitrogens with zero attached hydrogens (tertiary/aromatic N) is 1. The van der Waals surface area contributed by atoms with Crippen molar-refractivity contribution in [2.45, 2.75) is 38.6 Å². The maximum atomic E-state index is 11.9. The Balaban J connectivity index is 0.00000162. The number of hydrogen-bond acceptors (Lipinski definition) is 4. The van der Waals surface area contributed by atoms with Crippen LogP contribution in [-0.4, -0.2) is 23.7 Å². The third-order valence-corrected chi connectivity index (χ3v) is 3.38. The molecule has 1 aliphatic rings. The lowest BCUT2D eigenvalue weighted by Gasteiger charge is -2.30. The maximum absolute atomic E-state index is 11.9. The van der Waals surface area contributed by atoms with E-state index in [2.05, 4.69) is 10.5 Å². The van der Waals surface area contributed by atoms with Crippen molar-refractivity contribution < 1.29 is 9.32 Å². The van der Waals surface area contributed by atoms with E-state index in [1.807, 2.05) is 0 Å². The summed E-state index contributed by atoms with van der Waals surface area (Å²) < 4.78 is 4.94. The van der Waals surface area contributed by atoms with Gasteiger partial charge < -0.3 is 15.6 Å². The zero-order valence-corrected chi connectivity index (χ0v) is 11.3. The van der Waals surface area contributed by atoms with Gasteiger partial charge in [-0.1, -0.05) is 18.0 Å². The topological polar surface area (TPSA) is 81.2 Å². The van der Waals surface area contributed by atoms with E-state index in [1.165, 1.54) is 6.42 Å². The summed E-state index contributed by atoms with van der Waals surface area (Å²) in [7, 11) is 0. The van der Waals surface area contributed by atoms with Crippen LogP contribution in [-0.2, 0) is 0 Å². The molecule has 2 rings (SSSR count). The molecule has 1 saturated carbocycles. The summed E-state index contributed by atoms with van der Waals surface area (Å²) >= 11 is 0. The molecule has 1 amide bonds. The van der Waals surface area contributed by atoms with Crippen LogP contribution in [0.15, 0.2) is 10.6 Å². The Morgan fingerprint density at radius 3 is 2.89 bits per heavy atom. The zero-order chi connectivity index (χ0) is 12.3. The smallest absolute Gasteiger partial charge is 0.290 e. The maximum Gasteiger partial charge on any atom is 0.290 e. The van der Waals surface area contributed by atoms with E-state index in [0.717, 1.165) is 19.3 Å². The number of aryl methyl sites for hydroxylation is 1. The molecule has 1 aliphatic carbocycles. The normalized spacial score (nSPS) is 23.2. The summed E-state index contributed by atoms with van der Waals surface area (Å²) in [6.45, 7) is 2.42. The average molecular weight is 274 g/mol. The minimum Gasteiger partial charge on any atom is -0.351 e. The van der Waals surface area contributed by atoms with Crippen molar-refractivity contribution >= 4 is 18.3 Å². The van der Waals surface area contributed by atoms with Gasteiger partial charge in [-0.15, -0.1) is 12.4 Å². The van der Waals surface area contributed by atoms with Crippen molar-refractivity contribution in [3.05, 3.63) is 17.5 Å². The molecule has 1 fully saturated rings. The molecule has 0 radical (unpaired) electrons. The second-order valence-corrected chi connectivity index (χ2v) is 4.69. The monoisotopic (exact) mass is 273 g/mol. The minimum atomic E-state index is -0.184.